The van der Waals surface area contributed by atoms with E-state index in [1.54, 1.807) is 12.1 Å². The predicted molar refractivity (Wildman–Crippen MR) is 141 cm³/mol. The standard InChI is InChI=1S/C30H33F3N4O/c1-18-16-27(2)11-12-29(18,17-27)26-36-23(24-25(34)35-13-14-37(24)26)19-7-9-20(10-8-19)28(3,38)21-5-4-6-22(15-21)30(31,32)33/h4-10,13-15,18,25,35,38H,11-12,16-17,34H2,1-3H3/t18?,25?,27?,28-,29?/m1/s1. The van der Waals surface area contributed by atoms with Gasteiger partial charge in [0, 0.05) is 23.4 Å². The summed E-state index contributed by atoms with van der Waals surface area (Å²) in [6.07, 6.45) is 3.58. The molecule has 0 amide bonds. The molecule has 0 radical (unpaired) electrons. The third-order valence-electron chi connectivity index (χ3n) is 9.32. The number of rotatable bonds is 4. The molecule has 2 fully saturated rings. The molecular formula is C30H33F3N4O. The number of hydrogen-bond acceptors (Lipinski definition) is 4. The third-order valence-corrected chi connectivity index (χ3v) is 9.32. The Kier molecular flexibility index (Phi) is 5.44. The highest BCUT2D eigenvalue weighted by Gasteiger charge is 2.59. The molecule has 38 heavy (non-hydrogen) atoms. The lowest BCUT2D eigenvalue weighted by molar-refractivity contribution is -0.137. The summed E-state index contributed by atoms with van der Waals surface area (Å²) in [7, 11) is 0. The Labute approximate surface area is 220 Å². The minimum Gasteiger partial charge on any atom is -0.381 e. The highest BCUT2D eigenvalue weighted by Crippen LogP contribution is 2.64. The van der Waals surface area contributed by atoms with Crippen LogP contribution < -0.4 is 11.1 Å². The zero-order valence-electron chi connectivity index (χ0n) is 21.8. The van der Waals surface area contributed by atoms with E-state index in [1.807, 2.05) is 24.5 Å². The van der Waals surface area contributed by atoms with Crippen molar-refractivity contribution in [2.24, 2.45) is 17.1 Å². The Hall–Kier alpha value is -3.10. The molecule has 4 unspecified atom stereocenters. The summed E-state index contributed by atoms with van der Waals surface area (Å²) < 4.78 is 42.0. The number of nitrogens with two attached hydrogens (primary N) is 1. The van der Waals surface area contributed by atoms with Gasteiger partial charge in [-0.3, -0.25) is 0 Å². The molecule has 8 heteroatoms. The van der Waals surface area contributed by atoms with Crippen molar-refractivity contribution in [2.45, 2.75) is 69.8 Å². The number of benzene rings is 2. The quantitative estimate of drug-likeness (QED) is 0.377. The average Bonchev–Trinajstić information content (AvgIpc) is 3.51. The van der Waals surface area contributed by atoms with Crippen LogP contribution in [0.25, 0.3) is 17.5 Å². The van der Waals surface area contributed by atoms with Crippen molar-refractivity contribution in [3.8, 4) is 11.3 Å². The Morgan fingerprint density at radius 1 is 1.08 bits per heavy atom. The van der Waals surface area contributed by atoms with Crippen molar-refractivity contribution in [2.75, 3.05) is 0 Å². The van der Waals surface area contributed by atoms with Gasteiger partial charge < -0.3 is 20.7 Å². The Morgan fingerprint density at radius 3 is 2.42 bits per heavy atom. The van der Waals surface area contributed by atoms with Gasteiger partial charge in [0.1, 0.15) is 17.6 Å². The van der Waals surface area contributed by atoms with Gasteiger partial charge in [-0.05, 0) is 67.2 Å². The highest BCUT2D eigenvalue weighted by molar-refractivity contribution is 5.66. The third kappa shape index (κ3) is 3.72. The van der Waals surface area contributed by atoms with E-state index >= 15 is 0 Å². The highest BCUT2D eigenvalue weighted by atomic mass is 19.4. The van der Waals surface area contributed by atoms with Gasteiger partial charge in [-0.2, -0.15) is 13.2 Å². The Balaban J connectivity index is 1.40. The second-order valence-corrected chi connectivity index (χ2v) is 12.0. The molecule has 1 aromatic heterocycles. The monoisotopic (exact) mass is 522 g/mol. The number of fused-ring (bicyclic) bond motifs is 3. The minimum atomic E-state index is -4.48. The van der Waals surface area contributed by atoms with E-state index in [0.717, 1.165) is 47.8 Å². The van der Waals surface area contributed by atoms with Gasteiger partial charge in [-0.25, -0.2) is 4.98 Å². The summed E-state index contributed by atoms with van der Waals surface area (Å²) in [5, 5.41) is 14.5. The van der Waals surface area contributed by atoms with Crippen molar-refractivity contribution < 1.29 is 18.3 Å². The lowest BCUT2D eigenvalue weighted by Gasteiger charge is -2.33. The maximum Gasteiger partial charge on any atom is 0.416 e. The number of nitrogens with zero attached hydrogens (tertiary/aromatic N) is 2. The molecule has 3 aromatic rings. The number of hydrogen-bond donors (Lipinski definition) is 3. The fourth-order valence-corrected chi connectivity index (χ4v) is 7.28. The number of alkyl halides is 3. The van der Waals surface area contributed by atoms with Crippen LogP contribution in [0.2, 0.25) is 0 Å². The van der Waals surface area contributed by atoms with E-state index in [1.165, 1.54) is 31.9 Å². The van der Waals surface area contributed by atoms with Crippen LogP contribution in [0.4, 0.5) is 13.2 Å². The van der Waals surface area contributed by atoms with Crippen LogP contribution in [-0.4, -0.2) is 14.7 Å². The van der Waals surface area contributed by atoms with Crippen molar-refractivity contribution in [3.63, 3.8) is 0 Å². The second-order valence-electron chi connectivity index (χ2n) is 12.0. The number of imidazole rings is 1. The van der Waals surface area contributed by atoms with Crippen molar-refractivity contribution in [1.82, 2.24) is 14.9 Å². The first-order chi connectivity index (χ1) is 17.8. The topological polar surface area (TPSA) is 76.1 Å². The molecule has 1 aliphatic heterocycles. The zero-order valence-corrected chi connectivity index (χ0v) is 21.8. The normalized spacial score (nSPS) is 29.7. The van der Waals surface area contributed by atoms with E-state index < -0.39 is 23.5 Å². The van der Waals surface area contributed by atoms with Crippen LogP contribution in [0.1, 0.15) is 80.8 Å². The molecule has 2 aliphatic carbocycles. The Bertz CT molecular complexity index is 1420. The molecule has 5 atom stereocenters. The number of aromatic nitrogens is 2. The van der Waals surface area contributed by atoms with Crippen LogP contribution in [-0.2, 0) is 17.2 Å². The van der Waals surface area contributed by atoms with Gasteiger partial charge in [-0.15, -0.1) is 0 Å². The lowest BCUT2D eigenvalue weighted by atomic mass is 9.74. The van der Waals surface area contributed by atoms with E-state index in [4.69, 9.17) is 10.7 Å². The molecular weight excluding hydrogens is 489 g/mol. The van der Waals surface area contributed by atoms with Crippen LogP contribution in [0.5, 0.6) is 0 Å². The number of nitrogens with one attached hydrogen (secondary N) is 1. The minimum absolute atomic E-state index is 0.0102. The summed E-state index contributed by atoms with van der Waals surface area (Å²) in [4.78, 5) is 5.24. The van der Waals surface area contributed by atoms with Gasteiger partial charge in [0.2, 0.25) is 0 Å². The summed E-state index contributed by atoms with van der Waals surface area (Å²) in [5.74, 6) is 1.58. The van der Waals surface area contributed by atoms with E-state index in [-0.39, 0.29) is 11.0 Å². The molecule has 6 rings (SSSR count). The molecule has 200 valence electrons. The van der Waals surface area contributed by atoms with E-state index in [9.17, 15) is 18.3 Å². The maximum absolute atomic E-state index is 13.3. The first kappa shape index (κ1) is 25.2. The van der Waals surface area contributed by atoms with Crippen molar-refractivity contribution >= 4 is 6.20 Å². The molecule has 2 bridgehead atoms. The zero-order chi connectivity index (χ0) is 27.1. The molecule has 2 heterocycles. The van der Waals surface area contributed by atoms with Crippen molar-refractivity contribution in [3.05, 3.63) is 82.9 Å². The fourth-order valence-electron chi connectivity index (χ4n) is 7.28. The SMILES string of the molecule is CC1CC2(C)CCC1(c1nc(-c3ccc([C@@](C)(O)c4cccc(C(F)(F)F)c4)cc3)c3n1C=CNC3N)C2. The van der Waals surface area contributed by atoms with Gasteiger partial charge >= 0.3 is 6.18 Å². The van der Waals surface area contributed by atoms with Crippen LogP contribution in [0.15, 0.2) is 54.7 Å². The largest absolute Gasteiger partial charge is 0.416 e. The lowest BCUT2D eigenvalue weighted by Crippen LogP contribution is -2.34. The van der Waals surface area contributed by atoms with Crippen LogP contribution in [0, 0.1) is 11.3 Å². The molecule has 5 nitrogen and oxygen atoms in total. The Morgan fingerprint density at radius 2 is 1.79 bits per heavy atom. The first-order valence-electron chi connectivity index (χ1n) is 13.2. The van der Waals surface area contributed by atoms with Gasteiger partial charge in [0.25, 0.3) is 0 Å². The summed E-state index contributed by atoms with van der Waals surface area (Å²) >= 11 is 0. The van der Waals surface area contributed by atoms with Crippen LogP contribution in [0.3, 0.4) is 0 Å². The van der Waals surface area contributed by atoms with E-state index in [2.05, 4.69) is 23.7 Å². The fraction of sp³-hybridized carbons (Fsp3) is 0.433. The van der Waals surface area contributed by atoms with E-state index in [0.29, 0.717) is 16.9 Å². The maximum atomic E-state index is 13.3. The first-order valence-corrected chi connectivity index (χ1v) is 13.2. The van der Waals surface area contributed by atoms with Gasteiger partial charge in [-0.1, -0.05) is 50.2 Å². The smallest absolute Gasteiger partial charge is 0.381 e. The predicted octanol–water partition coefficient (Wildman–Crippen LogP) is 6.28. The summed E-state index contributed by atoms with van der Waals surface area (Å²) in [6.45, 7) is 6.23. The molecule has 4 N–H and O–H groups in total. The average molecular weight is 523 g/mol. The number of halogens is 3. The van der Waals surface area contributed by atoms with Crippen LogP contribution >= 0.6 is 0 Å². The summed E-state index contributed by atoms with van der Waals surface area (Å²) in [5.41, 5.74) is 7.68. The number of aliphatic hydroxyl groups is 1. The molecule has 2 saturated carbocycles. The molecule has 3 aliphatic rings. The molecule has 2 aromatic carbocycles. The summed E-state index contributed by atoms with van der Waals surface area (Å²) in [6, 6.07) is 12.1. The second kappa shape index (κ2) is 8.20. The molecule has 0 spiro atoms. The van der Waals surface area contributed by atoms with Gasteiger partial charge in [0.15, 0.2) is 0 Å². The van der Waals surface area contributed by atoms with Crippen molar-refractivity contribution in [1.29, 1.82) is 0 Å². The van der Waals surface area contributed by atoms with Gasteiger partial charge in [0.05, 0.1) is 17.0 Å². The molecule has 0 saturated heterocycles.